The first-order chi connectivity index (χ1) is 12.0. The molecule has 25 heavy (non-hydrogen) atoms. The number of hydrazine groups is 1. The molecule has 0 saturated carbocycles. The molecular weight excluding hydrogens is 338 g/mol. The van der Waals surface area contributed by atoms with Crippen molar-refractivity contribution >= 4 is 29.1 Å². The lowest BCUT2D eigenvalue weighted by Crippen LogP contribution is -2.49. The highest BCUT2D eigenvalue weighted by Crippen LogP contribution is 2.11. The molecule has 3 N–H and O–H groups in total. The Morgan fingerprint density at radius 3 is 2.52 bits per heavy atom. The van der Waals surface area contributed by atoms with E-state index in [4.69, 9.17) is 17.0 Å². The number of nitrogens with one attached hydrogen (secondary N) is 3. The van der Waals surface area contributed by atoms with E-state index >= 15 is 0 Å². The molecule has 0 aliphatic rings. The maximum absolute atomic E-state index is 12.0. The maximum atomic E-state index is 12.0. The summed E-state index contributed by atoms with van der Waals surface area (Å²) in [6, 6.07) is 14.5. The first kappa shape index (κ1) is 18.4. The quantitative estimate of drug-likeness (QED) is 0.576. The minimum absolute atomic E-state index is 0.0141. The Kier molecular flexibility index (Phi) is 6.47. The highest BCUT2D eigenvalue weighted by atomic mass is 32.1. The molecular formula is C18H19N3O3S. The largest absolute Gasteiger partial charge is 0.484 e. The summed E-state index contributed by atoms with van der Waals surface area (Å²) >= 11 is 4.97. The number of hydrogen-bond donors (Lipinski definition) is 3. The zero-order chi connectivity index (χ0) is 18.2. The predicted molar refractivity (Wildman–Crippen MR) is 99.2 cm³/mol. The van der Waals surface area contributed by atoms with Crippen LogP contribution in [0.1, 0.15) is 21.5 Å². The molecule has 130 valence electrons. The van der Waals surface area contributed by atoms with Gasteiger partial charge in [-0.05, 0) is 55.4 Å². The molecule has 0 heterocycles. The van der Waals surface area contributed by atoms with Gasteiger partial charge in [0.1, 0.15) is 5.75 Å². The van der Waals surface area contributed by atoms with Crippen molar-refractivity contribution in [3.8, 4) is 5.75 Å². The Labute approximate surface area is 151 Å². The van der Waals surface area contributed by atoms with Gasteiger partial charge < -0.3 is 4.74 Å². The molecule has 2 amide bonds. The van der Waals surface area contributed by atoms with Crippen LogP contribution in [0.4, 0.5) is 0 Å². The van der Waals surface area contributed by atoms with Gasteiger partial charge in [-0.25, -0.2) is 0 Å². The van der Waals surface area contributed by atoms with E-state index in [-0.39, 0.29) is 17.6 Å². The number of carbonyl (C=O) groups is 2. The van der Waals surface area contributed by atoms with Gasteiger partial charge in [-0.3, -0.25) is 25.8 Å². The van der Waals surface area contributed by atoms with Crippen molar-refractivity contribution in [2.75, 3.05) is 6.61 Å². The molecule has 2 aromatic rings. The van der Waals surface area contributed by atoms with Crippen molar-refractivity contribution in [3.05, 3.63) is 65.2 Å². The van der Waals surface area contributed by atoms with Gasteiger partial charge in [0.25, 0.3) is 11.8 Å². The molecule has 6 nitrogen and oxygen atoms in total. The SMILES string of the molecule is Cc1cccc(OCC(=O)NC(=S)NNC(=O)c2ccccc2C)c1. The van der Waals surface area contributed by atoms with E-state index in [0.717, 1.165) is 11.1 Å². The number of hydrogen-bond acceptors (Lipinski definition) is 4. The first-order valence-electron chi connectivity index (χ1n) is 7.61. The van der Waals surface area contributed by atoms with Crippen LogP contribution in [0.5, 0.6) is 5.75 Å². The lowest BCUT2D eigenvalue weighted by Gasteiger charge is -2.12. The number of aryl methyl sites for hydroxylation is 2. The third-order valence-electron chi connectivity index (χ3n) is 3.29. The molecule has 0 saturated heterocycles. The highest BCUT2D eigenvalue weighted by Gasteiger charge is 2.10. The average molecular weight is 357 g/mol. The van der Waals surface area contributed by atoms with Crippen LogP contribution in [0, 0.1) is 13.8 Å². The minimum Gasteiger partial charge on any atom is -0.484 e. The molecule has 0 unspecified atom stereocenters. The van der Waals surface area contributed by atoms with Gasteiger partial charge in [0.15, 0.2) is 11.7 Å². The van der Waals surface area contributed by atoms with Crippen LogP contribution >= 0.6 is 12.2 Å². The molecule has 2 rings (SSSR count). The van der Waals surface area contributed by atoms with E-state index in [1.54, 1.807) is 18.2 Å². The second-order valence-electron chi connectivity index (χ2n) is 5.38. The molecule has 0 spiro atoms. The summed E-state index contributed by atoms with van der Waals surface area (Å²) in [7, 11) is 0. The van der Waals surface area contributed by atoms with E-state index in [2.05, 4.69) is 16.2 Å². The molecule has 2 aromatic carbocycles. The number of thiocarbonyl (C=S) groups is 1. The normalized spacial score (nSPS) is 9.84. The van der Waals surface area contributed by atoms with E-state index in [1.807, 2.05) is 44.2 Å². The van der Waals surface area contributed by atoms with Crippen molar-refractivity contribution in [2.45, 2.75) is 13.8 Å². The molecule has 7 heteroatoms. The second-order valence-corrected chi connectivity index (χ2v) is 5.78. The van der Waals surface area contributed by atoms with Crippen LogP contribution in [0.3, 0.4) is 0 Å². The Balaban J connectivity index is 1.75. The van der Waals surface area contributed by atoms with Gasteiger partial charge in [-0.1, -0.05) is 30.3 Å². The fraction of sp³-hybridized carbons (Fsp3) is 0.167. The summed E-state index contributed by atoms with van der Waals surface area (Å²) in [6.45, 7) is 3.58. The molecule has 0 bridgehead atoms. The van der Waals surface area contributed by atoms with Crippen LogP contribution < -0.4 is 20.9 Å². The summed E-state index contributed by atoms with van der Waals surface area (Å²) in [6.07, 6.45) is 0. The van der Waals surface area contributed by atoms with Gasteiger partial charge in [-0.15, -0.1) is 0 Å². The number of amides is 2. The molecule has 0 aromatic heterocycles. The van der Waals surface area contributed by atoms with Crippen LogP contribution in [-0.2, 0) is 4.79 Å². The lowest BCUT2D eigenvalue weighted by molar-refractivity contribution is -0.121. The minimum atomic E-state index is -0.427. The van der Waals surface area contributed by atoms with E-state index in [0.29, 0.717) is 11.3 Å². The zero-order valence-electron chi connectivity index (χ0n) is 14.0. The van der Waals surface area contributed by atoms with Gasteiger partial charge in [-0.2, -0.15) is 0 Å². The van der Waals surface area contributed by atoms with Crippen LogP contribution in [0.25, 0.3) is 0 Å². The second kappa shape index (κ2) is 8.79. The molecule has 0 aliphatic heterocycles. The summed E-state index contributed by atoms with van der Waals surface area (Å²) in [4.78, 5) is 23.8. The average Bonchev–Trinajstić information content (AvgIpc) is 2.58. The van der Waals surface area contributed by atoms with Crippen LogP contribution in [-0.4, -0.2) is 23.5 Å². The zero-order valence-corrected chi connectivity index (χ0v) is 14.8. The summed E-state index contributed by atoms with van der Waals surface area (Å²) in [5, 5.41) is 2.41. The Hall–Kier alpha value is -2.93. The monoisotopic (exact) mass is 357 g/mol. The third kappa shape index (κ3) is 5.89. The smallest absolute Gasteiger partial charge is 0.269 e. The van der Waals surface area contributed by atoms with Gasteiger partial charge in [0.2, 0.25) is 0 Å². The van der Waals surface area contributed by atoms with Crippen molar-refractivity contribution in [3.63, 3.8) is 0 Å². The number of carbonyl (C=O) groups excluding carboxylic acids is 2. The van der Waals surface area contributed by atoms with Crippen LogP contribution in [0.15, 0.2) is 48.5 Å². The first-order valence-corrected chi connectivity index (χ1v) is 8.02. The van der Waals surface area contributed by atoms with E-state index < -0.39 is 5.91 Å². The fourth-order valence-corrected chi connectivity index (χ4v) is 2.22. The Morgan fingerprint density at radius 2 is 1.80 bits per heavy atom. The molecule has 0 atom stereocenters. The molecule has 0 fully saturated rings. The molecule has 0 radical (unpaired) electrons. The van der Waals surface area contributed by atoms with Gasteiger partial charge in [0.05, 0.1) is 0 Å². The molecule has 0 aliphatic carbocycles. The Bertz CT molecular complexity index is 793. The van der Waals surface area contributed by atoms with Crippen molar-refractivity contribution in [1.82, 2.24) is 16.2 Å². The van der Waals surface area contributed by atoms with Gasteiger partial charge in [0, 0.05) is 5.56 Å². The summed E-state index contributed by atoms with van der Waals surface area (Å²) < 4.78 is 5.37. The Morgan fingerprint density at radius 1 is 1.04 bits per heavy atom. The summed E-state index contributed by atoms with van der Waals surface area (Å²) in [5.41, 5.74) is 7.32. The summed E-state index contributed by atoms with van der Waals surface area (Å²) in [5.74, 6) is -0.170. The fourth-order valence-electron chi connectivity index (χ4n) is 2.06. The lowest BCUT2D eigenvalue weighted by atomic mass is 10.1. The van der Waals surface area contributed by atoms with Crippen molar-refractivity contribution < 1.29 is 14.3 Å². The number of rotatable bonds is 4. The number of benzene rings is 2. The van der Waals surface area contributed by atoms with E-state index in [1.165, 1.54) is 0 Å². The standard InChI is InChI=1S/C18H19N3O3S/c1-12-6-5-8-14(10-12)24-11-16(22)19-18(25)21-20-17(23)15-9-4-3-7-13(15)2/h3-10H,11H2,1-2H3,(H,20,23)(H2,19,21,22,25). The number of ether oxygens (including phenoxy) is 1. The van der Waals surface area contributed by atoms with Gasteiger partial charge >= 0.3 is 0 Å². The van der Waals surface area contributed by atoms with Crippen molar-refractivity contribution in [2.24, 2.45) is 0 Å². The predicted octanol–water partition coefficient (Wildman–Crippen LogP) is 2.02. The topological polar surface area (TPSA) is 79.5 Å². The van der Waals surface area contributed by atoms with Crippen molar-refractivity contribution in [1.29, 1.82) is 0 Å². The maximum Gasteiger partial charge on any atom is 0.269 e. The van der Waals surface area contributed by atoms with E-state index in [9.17, 15) is 9.59 Å². The van der Waals surface area contributed by atoms with Crippen LogP contribution in [0.2, 0.25) is 0 Å². The third-order valence-corrected chi connectivity index (χ3v) is 3.50. The highest BCUT2D eigenvalue weighted by molar-refractivity contribution is 7.80.